The number of aliphatic hydroxyl groups is 1. The molecule has 4 aromatic rings. The van der Waals surface area contributed by atoms with E-state index < -0.39 is 0 Å². The number of rotatable bonds is 2. The molecule has 4 rings (SSSR count). The van der Waals surface area contributed by atoms with E-state index in [0.29, 0.717) is 28.2 Å². The SMILES string of the molecule is Cc1ncc(CO)c(CN)c1O.Nc1cc2nc3ccccc3nc2cc1N. The van der Waals surface area contributed by atoms with E-state index >= 15 is 0 Å². The smallest absolute Gasteiger partial charge is 0.141 e. The van der Waals surface area contributed by atoms with E-state index in [0.717, 1.165) is 22.1 Å². The number of benzene rings is 2. The number of nitrogen functional groups attached to an aromatic ring is 2. The predicted molar refractivity (Wildman–Crippen MR) is 110 cm³/mol. The zero-order chi connectivity index (χ0) is 20.3. The van der Waals surface area contributed by atoms with E-state index in [1.807, 2.05) is 24.3 Å². The summed E-state index contributed by atoms with van der Waals surface area (Å²) in [5.41, 5.74) is 22.9. The molecule has 0 aliphatic heterocycles. The molecule has 8 heteroatoms. The second-order valence-corrected chi connectivity index (χ2v) is 6.24. The highest BCUT2D eigenvalue weighted by Crippen LogP contribution is 2.23. The summed E-state index contributed by atoms with van der Waals surface area (Å²) < 4.78 is 0. The van der Waals surface area contributed by atoms with Gasteiger partial charge < -0.3 is 27.4 Å². The van der Waals surface area contributed by atoms with Crippen LogP contribution in [0.3, 0.4) is 0 Å². The number of nitrogens with zero attached hydrogens (tertiary/aromatic N) is 3. The second kappa shape index (κ2) is 8.03. The first-order chi connectivity index (χ1) is 13.4. The third kappa shape index (κ3) is 3.78. The van der Waals surface area contributed by atoms with Gasteiger partial charge in [0.05, 0.1) is 45.7 Å². The van der Waals surface area contributed by atoms with Crippen LogP contribution in [0.1, 0.15) is 16.8 Å². The van der Waals surface area contributed by atoms with Crippen molar-refractivity contribution in [2.24, 2.45) is 5.73 Å². The van der Waals surface area contributed by atoms with Crippen LogP contribution < -0.4 is 17.2 Å². The average molecular weight is 378 g/mol. The lowest BCUT2D eigenvalue weighted by Gasteiger charge is -2.08. The van der Waals surface area contributed by atoms with E-state index in [1.165, 1.54) is 6.20 Å². The molecule has 0 aliphatic carbocycles. The topological polar surface area (TPSA) is 157 Å². The molecule has 2 aromatic heterocycles. The van der Waals surface area contributed by atoms with E-state index in [1.54, 1.807) is 19.1 Å². The Morgan fingerprint density at radius 3 is 1.93 bits per heavy atom. The molecule has 0 radical (unpaired) electrons. The minimum Gasteiger partial charge on any atom is -0.506 e. The lowest BCUT2D eigenvalue weighted by Crippen LogP contribution is -2.04. The first-order valence-electron chi connectivity index (χ1n) is 8.63. The monoisotopic (exact) mass is 378 g/mol. The summed E-state index contributed by atoms with van der Waals surface area (Å²) >= 11 is 0. The summed E-state index contributed by atoms with van der Waals surface area (Å²) in [6, 6.07) is 11.2. The highest BCUT2D eigenvalue weighted by atomic mass is 16.3. The Morgan fingerprint density at radius 1 is 0.929 bits per heavy atom. The molecule has 8 N–H and O–H groups in total. The summed E-state index contributed by atoms with van der Waals surface area (Å²) in [6.45, 7) is 1.76. The van der Waals surface area contributed by atoms with Gasteiger partial charge in [-0.15, -0.1) is 0 Å². The van der Waals surface area contributed by atoms with Crippen LogP contribution >= 0.6 is 0 Å². The number of pyridine rings is 1. The Kier molecular flexibility index (Phi) is 5.53. The van der Waals surface area contributed by atoms with Gasteiger partial charge in [0.2, 0.25) is 0 Å². The number of anilines is 2. The summed E-state index contributed by atoms with van der Waals surface area (Å²) in [6.07, 6.45) is 1.53. The molecule has 0 bridgehead atoms. The van der Waals surface area contributed by atoms with Gasteiger partial charge in [-0.1, -0.05) is 12.1 Å². The van der Waals surface area contributed by atoms with Gasteiger partial charge in [0.15, 0.2) is 0 Å². The van der Waals surface area contributed by atoms with Crippen LogP contribution in [-0.2, 0) is 13.2 Å². The number of para-hydroxylation sites is 2. The fourth-order valence-electron chi connectivity index (χ4n) is 2.75. The van der Waals surface area contributed by atoms with Crippen LogP contribution in [0.5, 0.6) is 5.75 Å². The number of aromatic nitrogens is 3. The Morgan fingerprint density at radius 2 is 1.46 bits per heavy atom. The molecule has 0 spiro atoms. The first-order valence-corrected chi connectivity index (χ1v) is 8.63. The van der Waals surface area contributed by atoms with Crippen LogP contribution in [0.4, 0.5) is 11.4 Å². The molecular formula is C20H22N6O2. The van der Waals surface area contributed by atoms with Crippen molar-refractivity contribution in [3.63, 3.8) is 0 Å². The molecule has 0 saturated carbocycles. The summed E-state index contributed by atoms with van der Waals surface area (Å²) in [7, 11) is 0. The van der Waals surface area contributed by atoms with Gasteiger partial charge in [-0.05, 0) is 31.2 Å². The van der Waals surface area contributed by atoms with Gasteiger partial charge in [0.25, 0.3) is 0 Å². The van der Waals surface area contributed by atoms with Gasteiger partial charge in [0, 0.05) is 23.9 Å². The summed E-state index contributed by atoms with van der Waals surface area (Å²) in [5.74, 6) is 0.0871. The molecule has 0 atom stereocenters. The van der Waals surface area contributed by atoms with Crippen molar-refractivity contribution in [1.29, 1.82) is 0 Å². The maximum Gasteiger partial charge on any atom is 0.141 e. The molecule has 0 unspecified atom stereocenters. The van der Waals surface area contributed by atoms with Crippen molar-refractivity contribution in [3.8, 4) is 5.75 Å². The van der Waals surface area contributed by atoms with Crippen molar-refractivity contribution in [3.05, 3.63) is 59.4 Å². The normalized spacial score (nSPS) is 10.7. The largest absolute Gasteiger partial charge is 0.506 e. The molecule has 144 valence electrons. The standard InChI is InChI=1S/C12H10N4.C8H12N2O2/c13-7-5-11-12(6-8(7)14)16-10-4-2-1-3-9(10)15-11;1-5-8(12)7(2-9)6(4-11)3-10-5/h1-6H,13-14H2;3,11-12H,2,4,9H2,1H3. The number of aromatic hydroxyl groups is 1. The molecule has 0 fully saturated rings. The van der Waals surface area contributed by atoms with Crippen molar-refractivity contribution in [1.82, 2.24) is 15.0 Å². The number of aliphatic hydroxyl groups excluding tert-OH is 1. The maximum absolute atomic E-state index is 9.46. The molecule has 0 amide bonds. The third-order valence-electron chi connectivity index (χ3n) is 4.35. The van der Waals surface area contributed by atoms with Crippen LogP contribution in [0.2, 0.25) is 0 Å². The van der Waals surface area contributed by atoms with Crippen LogP contribution in [0.15, 0.2) is 42.6 Å². The fourth-order valence-corrected chi connectivity index (χ4v) is 2.75. The van der Waals surface area contributed by atoms with Crippen LogP contribution in [-0.4, -0.2) is 25.2 Å². The minimum absolute atomic E-state index is 0.0871. The van der Waals surface area contributed by atoms with E-state index in [-0.39, 0.29) is 18.9 Å². The number of hydrogen-bond donors (Lipinski definition) is 5. The van der Waals surface area contributed by atoms with Gasteiger partial charge in [-0.2, -0.15) is 0 Å². The minimum atomic E-state index is -0.145. The van der Waals surface area contributed by atoms with Gasteiger partial charge >= 0.3 is 0 Å². The Labute approximate surface area is 161 Å². The lowest BCUT2D eigenvalue weighted by molar-refractivity contribution is 0.279. The molecule has 0 aliphatic rings. The number of aryl methyl sites for hydroxylation is 1. The second-order valence-electron chi connectivity index (χ2n) is 6.24. The van der Waals surface area contributed by atoms with Gasteiger partial charge in [0.1, 0.15) is 5.75 Å². The van der Waals surface area contributed by atoms with E-state index in [2.05, 4.69) is 15.0 Å². The van der Waals surface area contributed by atoms with E-state index in [9.17, 15) is 5.11 Å². The van der Waals surface area contributed by atoms with Gasteiger partial charge in [-0.3, -0.25) is 4.98 Å². The Bertz CT molecular complexity index is 1090. The summed E-state index contributed by atoms with van der Waals surface area (Å²) in [5, 5.41) is 18.3. The molecule has 0 saturated heterocycles. The Hall–Kier alpha value is -3.49. The van der Waals surface area contributed by atoms with Crippen molar-refractivity contribution < 1.29 is 10.2 Å². The zero-order valence-corrected chi connectivity index (χ0v) is 15.4. The number of hydrogen-bond acceptors (Lipinski definition) is 8. The average Bonchev–Trinajstić information content (AvgIpc) is 2.70. The fraction of sp³-hybridized carbons (Fsp3) is 0.150. The van der Waals surface area contributed by atoms with Crippen LogP contribution in [0, 0.1) is 6.92 Å². The lowest BCUT2D eigenvalue weighted by atomic mass is 10.1. The maximum atomic E-state index is 9.46. The van der Waals surface area contributed by atoms with Crippen molar-refractivity contribution >= 4 is 33.4 Å². The Balaban J connectivity index is 0.000000169. The van der Waals surface area contributed by atoms with Crippen molar-refractivity contribution in [2.45, 2.75) is 20.1 Å². The molecule has 2 heterocycles. The number of nitrogens with two attached hydrogens (primary N) is 3. The molecule has 2 aromatic carbocycles. The van der Waals surface area contributed by atoms with Crippen LogP contribution in [0.25, 0.3) is 22.1 Å². The molecule has 8 nitrogen and oxygen atoms in total. The quantitative estimate of drug-likeness (QED) is 0.262. The van der Waals surface area contributed by atoms with Crippen molar-refractivity contribution in [2.75, 3.05) is 11.5 Å². The molecule has 28 heavy (non-hydrogen) atoms. The molecular weight excluding hydrogens is 356 g/mol. The highest BCUT2D eigenvalue weighted by Gasteiger charge is 2.08. The predicted octanol–water partition coefficient (Wildman–Crippen LogP) is 1.99. The highest BCUT2D eigenvalue weighted by molar-refractivity contribution is 5.91. The first kappa shape index (κ1) is 19.3. The summed E-state index contributed by atoms with van der Waals surface area (Å²) in [4.78, 5) is 12.9. The van der Waals surface area contributed by atoms with Gasteiger partial charge in [-0.25, -0.2) is 9.97 Å². The third-order valence-corrected chi connectivity index (χ3v) is 4.35. The zero-order valence-electron chi connectivity index (χ0n) is 15.4. The van der Waals surface area contributed by atoms with E-state index in [4.69, 9.17) is 22.3 Å². The number of fused-ring (bicyclic) bond motifs is 2.